The maximum absolute atomic E-state index is 11.7. The molecule has 0 radical (unpaired) electrons. The first-order valence-electron chi connectivity index (χ1n) is 20.2. The van der Waals surface area contributed by atoms with Gasteiger partial charge >= 0.3 is 5.97 Å². The van der Waals surface area contributed by atoms with Crippen molar-refractivity contribution in [2.24, 2.45) is 11.8 Å². The van der Waals surface area contributed by atoms with E-state index in [9.17, 15) is 20.1 Å². The molecule has 3 atom stereocenters. The van der Waals surface area contributed by atoms with Crippen LogP contribution >= 0.6 is 23.2 Å². The summed E-state index contributed by atoms with van der Waals surface area (Å²) in [4.78, 5) is 20.9. The third-order valence-electron chi connectivity index (χ3n) is 11.6. The number of benzene rings is 2. The third kappa shape index (κ3) is 10.7. The van der Waals surface area contributed by atoms with Crippen LogP contribution in [0.2, 0.25) is 10.0 Å². The molecule has 0 unspecified atom stereocenters. The summed E-state index contributed by atoms with van der Waals surface area (Å²) in [7, 11) is 3.09. The van der Waals surface area contributed by atoms with Crippen molar-refractivity contribution in [3.05, 3.63) is 103 Å². The normalized spacial score (nSPS) is 18.0. The second-order valence-corrected chi connectivity index (χ2v) is 16.1. The first kappa shape index (κ1) is 43.8. The molecule has 59 heavy (non-hydrogen) atoms. The van der Waals surface area contributed by atoms with Crippen LogP contribution in [0.3, 0.4) is 0 Å². The number of aromatic nitrogens is 2. The molecule has 2 aromatic heterocycles. The number of carboxylic acid groups (broad SMARTS) is 1. The van der Waals surface area contributed by atoms with E-state index in [4.69, 9.17) is 42.1 Å². The second-order valence-electron chi connectivity index (χ2n) is 15.3. The highest BCUT2D eigenvalue weighted by molar-refractivity contribution is 6.32. The van der Waals surface area contributed by atoms with Crippen LogP contribution in [0.25, 0.3) is 11.1 Å². The first-order chi connectivity index (χ1) is 28.5. The van der Waals surface area contributed by atoms with Crippen molar-refractivity contribution in [1.29, 1.82) is 0 Å². The van der Waals surface area contributed by atoms with Crippen LogP contribution in [0.4, 0.5) is 0 Å². The maximum atomic E-state index is 11.7. The highest BCUT2D eigenvalue weighted by Gasteiger charge is 2.30. The van der Waals surface area contributed by atoms with Crippen molar-refractivity contribution < 1.29 is 39.1 Å². The molecule has 2 fully saturated rings. The fraction of sp³-hybridized carbons (Fsp3) is 0.444. The Balaban J connectivity index is 1.10. The molecule has 12 nitrogen and oxygen atoms in total. The summed E-state index contributed by atoms with van der Waals surface area (Å²) in [5.74, 6) is -0.295. The number of aliphatic carboxylic acids is 1. The van der Waals surface area contributed by atoms with E-state index < -0.39 is 11.9 Å². The van der Waals surface area contributed by atoms with Gasteiger partial charge in [0.25, 0.3) is 5.95 Å². The molecule has 6 rings (SSSR count). The number of aliphatic hydroxyl groups excluding tert-OH is 1. The topological polar surface area (TPSA) is 165 Å². The summed E-state index contributed by atoms with van der Waals surface area (Å²) in [6.07, 6.45) is 6.98. The van der Waals surface area contributed by atoms with E-state index in [-0.39, 0.29) is 42.9 Å². The number of nitrogens with zero attached hydrogens (tertiary/aromatic N) is 2. The Bertz CT molecular complexity index is 2140. The molecule has 0 saturated heterocycles. The second kappa shape index (κ2) is 20.5. The average molecular weight is 850 g/mol. The van der Waals surface area contributed by atoms with Gasteiger partial charge in [0.05, 0.1) is 20.1 Å². The van der Waals surface area contributed by atoms with Gasteiger partial charge in [-0.1, -0.05) is 78.9 Å². The number of pyridine rings is 2. The number of ether oxygens (including phenoxy) is 4. The van der Waals surface area contributed by atoms with Crippen LogP contribution in [-0.4, -0.2) is 58.1 Å². The Morgan fingerprint density at radius 2 is 1.27 bits per heavy atom. The molecule has 2 aliphatic carbocycles. The van der Waals surface area contributed by atoms with Crippen molar-refractivity contribution in [2.45, 2.75) is 97.6 Å². The smallest absolute Gasteiger partial charge is 0.306 e. The fourth-order valence-electron chi connectivity index (χ4n) is 8.26. The van der Waals surface area contributed by atoms with Crippen molar-refractivity contribution in [2.75, 3.05) is 20.8 Å². The summed E-state index contributed by atoms with van der Waals surface area (Å²) < 4.78 is 23.6. The molecule has 0 spiro atoms. The molecule has 4 aromatic rings. The van der Waals surface area contributed by atoms with Gasteiger partial charge < -0.3 is 44.9 Å². The summed E-state index contributed by atoms with van der Waals surface area (Å²) >= 11 is 13.4. The van der Waals surface area contributed by atoms with E-state index in [1.165, 1.54) is 0 Å². The minimum absolute atomic E-state index is 0.0838. The number of carbonyl (C=O) groups is 1. The zero-order chi connectivity index (χ0) is 42.1. The molecule has 2 heterocycles. The van der Waals surface area contributed by atoms with Crippen LogP contribution < -0.4 is 29.6 Å². The Morgan fingerprint density at radius 1 is 0.729 bits per heavy atom. The van der Waals surface area contributed by atoms with Crippen LogP contribution in [0, 0.1) is 25.7 Å². The lowest BCUT2D eigenvalue weighted by atomic mass is 9.79. The summed E-state index contributed by atoms with van der Waals surface area (Å²) in [5.41, 5.74) is 8.22. The largest absolute Gasteiger partial charge is 0.481 e. The van der Waals surface area contributed by atoms with Gasteiger partial charge in [-0.15, -0.1) is 0 Å². The number of halogens is 2. The van der Waals surface area contributed by atoms with Crippen LogP contribution in [0.1, 0.15) is 84.7 Å². The van der Waals surface area contributed by atoms with Gasteiger partial charge in [0.2, 0.25) is 23.5 Å². The van der Waals surface area contributed by atoms with Crippen molar-refractivity contribution in [3.63, 3.8) is 0 Å². The lowest BCUT2D eigenvalue weighted by Crippen LogP contribution is -2.34. The van der Waals surface area contributed by atoms with E-state index in [0.29, 0.717) is 53.4 Å². The summed E-state index contributed by atoms with van der Waals surface area (Å²) in [6.45, 7) is 5.98. The van der Waals surface area contributed by atoms with E-state index in [0.717, 1.165) is 89.5 Å². The first-order valence-corrected chi connectivity index (χ1v) is 20.9. The number of carboxylic acids is 1. The van der Waals surface area contributed by atoms with Crippen molar-refractivity contribution in [1.82, 2.24) is 20.6 Å². The molecule has 0 aliphatic heterocycles. The van der Waals surface area contributed by atoms with E-state index in [1.54, 1.807) is 26.4 Å². The molecule has 0 amide bonds. The molecule has 14 heteroatoms. The monoisotopic (exact) mass is 848 g/mol. The van der Waals surface area contributed by atoms with E-state index >= 15 is 0 Å². The predicted molar refractivity (Wildman–Crippen MR) is 228 cm³/mol. The van der Waals surface area contributed by atoms with Gasteiger partial charge in [0.15, 0.2) is 0 Å². The summed E-state index contributed by atoms with van der Waals surface area (Å²) in [5, 5.41) is 36.6. The van der Waals surface area contributed by atoms with Gasteiger partial charge in [0, 0.05) is 35.8 Å². The zero-order valence-electron chi connectivity index (χ0n) is 34.1. The molecular weight excluding hydrogens is 795 g/mol. The molecule has 0 bridgehead atoms. The lowest BCUT2D eigenvalue weighted by Gasteiger charge is -2.28. The number of methoxy groups -OCH3 is 2. The van der Waals surface area contributed by atoms with E-state index in [1.807, 2.05) is 24.3 Å². The van der Waals surface area contributed by atoms with Crippen LogP contribution in [-0.2, 0) is 31.1 Å². The molecule has 2 aromatic carbocycles. The lowest BCUT2D eigenvalue weighted by molar-refractivity contribution is -0.144. The van der Waals surface area contributed by atoms with Crippen molar-refractivity contribution in [3.8, 4) is 34.6 Å². The number of aliphatic hydroxyl groups is 2. The summed E-state index contributed by atoms with van der Waals surface area (Å²) in [6, 6.07) is 15.6. The van der Waals surface area contributed by atoms with Gasteiger partial charge in [-0.3, -0.25) is 4.79 Å². The molecular formula is C45H54Cl2N4O8. The standard InChI is InChI=1S/C45H54Cl2N4O8/c1-26-29(24-58-42-37(46)19-31(40(50-42)56-3)22-48-21-28-11-5-6-14-35(28)44(52)53)12-9-16-33(26)34-17-10-13-30(27(34)2)25-59-43-38(47)20-32(41(51-43)57-4)23-49-39-18-8-7-15-36(39)45(54)55/h9-10,12-13,16-17,19-20,28,35,39,48-49,54-55H,5-8,11,14-15,18,21-25H2,1-4H3,(H,52,53)/t28-,35-,39+/m0/s1. The highest BCUT2D eigenvalue weighted by atomic mass is 35.5. The minimum Gasteiger partial charge on any atom is -0.481 e. The van der Waals surface area contributed by atoms with E-state index in [2.05, 4.69) is 46.6 Å². The molecule has 2 aliphatic rings. The van der Waals surface area contributed by atoms with Gasteiger partial charge in [-0.05, 0) is 104 Å². The Kier molecular flexibility index (Phi) is 15.2. The highest BCUT2D eigenvalue weighted by Crippen LogP contribution is 2.36. The Hall–Kier alpha value is -4.75. The third-order valence-corrected chi connectivity index (χ3v) is 12.2. The Morgan fingerprint density at radius 3 is 1.81 bits per heavy atom. The number of nitrogens with one attached hydrogen (secondary N) is 2. The average Bonchev–Trinajstić information content (AvgIpc) is 3.23. The quantitative estimate of drug-likeness (QED) is 0.0641. The number of hydrogen-bond donors (Lipinski definition) is 5. The van der Waals surface area contributed by atoms with Crippen molar-refractivity contribution >= 4 is 29.2 Å². The molecule has 2 saturated carbocycles. The minimum atomic E-state index is -0.723. The maximum Gasteiger partial charge on any atom is 0.306 e. The predicted octanol–water partition coefficient (Wildman–Crippen LogP) is 9.58. The number of rotatable bonds is 17. The van der Waals surface area contributed by atoms with Crippen LogP contribution in [0.5, 0.6) is 23.5 Å². The zero-order valence-corrected chi connectivity index (χ0v) is 35.6. The number of hydrogen-bond acceptors (Lipinski definition) is 11. The SMILES string of the molecule is COc1nc(OCc2cccc(-c3cccc(COc4nc(OC)c(CN[C@@H]5CCCCC5=C(O)O)cc4Cl)c3C)c2C)c(Cl)cc1CNC[C@@H]1CCCC[C@@H]1C(=O)O. The fourth-order valence-corrected chi connectivity index (χ4v) is 8.72. The van der Waals surface area contributed by atoms with Gasteiger partial charge in [0.1, 0.15) is 23.3 Å². The Labute approximate surface area is 355 Å². The molecule has 5 N–H and O–H groups in total. The van der Waals surface area contributed by atoms with Crippen LogP contribution in [0.15, 0.2) is 60.0 Å². The van der Waals surface area contributed by atoms with Gasteiger partial charge in [-0.25, -0.2) is 0 Å². The van der Waals surface area contributed by atoms with Gasteiger partial charge in [-0.2, -0.15) is 9.97 Å². The molecule has 316 valence electrons.